The largest absolute Gasteiger partial charge is 0.387 e. The monoisotopic (exact) mass is 210 g/mol. The normalized spacial score (nSPS) is 13.0. The van der Waals surface area contributed by atoms with Crippen LogP contribution in [0.2, 0.25) is 0 Å². The van der Waals surface area contributed by atoms with Crippen molar-refractivity contribution in [2.45, 2.75) is 6.10 Å². The zero-order chi connectivity index (χ0) is 10.0. The molecule has 0 bridgehead atoms. The van der Waals surface area contributed by atoms with Gasteiger partial charge in [-0.3, -0.25) is 0 Å². The Morgan fingerprint density at radius 1 is 1.23 bits per heavy atom. The van der Waals surface area contributed by atoms with Crippen molar-refractivity contribution >= 4 is 11.6 Å². The van der Waals surface area contributed by atoms with Gasteiger partial charge in [-0.25, -0.2) is 13.2 Å². The van der Waals surface area contributed by atoms with Crippen LogP contribution in [0.15, 0.2) is 12.1 Å². The summed E-state index contributed by atoms with van der Waals surface area (Å²) in [7, 11) is 0. The van der Waals surface area contributed by atoms with Gasteiger partial charge in [-0.1, -0.05) is 0 Å². The van der Waals surface area contributed by atoms with Crippen LogP contribution in [0.1, 0.15) is 11.7 Å². The van der Waals surface area contributed by atoms with Crippen molar-refractivity contribution in [2.75, 3.05) is 5.88 Å². The van der Waals surface area contributed by atoms with Gasteiger partial charge in [0, 0.05) is 0 Å². The summed E-state index contributed by atoms with van der Waals surface area (Å²) < 4.78 is 37.5. The summed E-state index contributed by atoms with van der Waals surface area (Å²) in [5.41, 5.74) is -0.0774. The van der Waals surface area contributed by atoms with Gasteiger partial charge >= 0.3 is 0 Å². The van der Waals surface area contributed by atoms with Gasteiger partial charge in [-0.05, 0) is 17.7 Å². The molecule has 1 unspecified atom stereocenters. The van der Waals surface area contributed by atoms with Gasteiger partial charge in [-0.2, -0.15) is 0 Å². The van der Waals surface area contributed by atoms with Crippen LogP contribution in [0, 0.1) is 17.5 Å². The van der Waals surface area contributed by atoms with Gasteiger partial charge in [0.2, 0.25) is 0 Å². The highest BCUT2D eigenvalue weighted by Crippen LogP contribution is 2.19. The summed E-state index contributed by atoms with van der Waals surface area (Å²) in [6.45, 7) is 0. The second kappa shape index (κ2) is 3.98. The zero-order valence-corrected chi connectivity index (χ0v) is 7.15. The first-order valence-electron chi connectivity index (χ1n) is 3.44. The van der Waals surface area contributed by atoms with Gasteiger partial charge in [-0.15, -0.1) is 11.6 Å². The summed E-state index contributed by atoms with van der Waals surface area (Å²) in [6, 6.07) is 1.43. The van der Waals surface area contributed by atoms with Crippen molar-refractivity contribution in [3.8, 4) is 0 Å². The summed E-state index contributed by atoms with van der Waals surface area (Å²) >= 11 is 5.24. The van der Waals surface area contributed by atoms with E-state index in [1.165, 1.54) is 0 Å². The maximum absolute atomic E-state index is 12.6. The van der Waals surface area contributed by atoms with E-state index in [9.17, 15) is 13.2 Å². The molecule has 1 aromatic carbocycles. The van der Waals surface area contributed by atoms with Crippen LogP contribution in [-0.2, 0) is 0 Å². The highest BCUT2D eigenvalue weighted by molar-refractivity contribution is 6.18. The predicted molar refractivity (Wildman–Crippen MR) is 42.0 cm³/mol. The first kappa shape index (κ1) is 10.3. The third kappa shape index (κ3) is 2.14. The second-order valence-electron chi connectivity index (χ2n) is 2.47. The van der Waals surface area contributed by atoms with E-state index in [-0.39, 0.29) is 11.4 Å². The first-order valence-corrected chi connectivity index (χ1v) is 3.98. The molecule has 0 aliphatic rings. The van der Waals surface area contributed by atoms with E-state index in [4.69, 9.17) is 16.7 Å². The van der Waals surface area contributed by atoms with Gasteiger partial charge in [0.05, 0.1) is 12.0 Å². The van der Waals surface area contributed by atoms with Crippen molar-refractivity contribution in [3.63, 3.8) is 0 Å². The standard InChI is InChI=1S/C8H6ClF3O/c9-3-7(13)4-1-5(10)8(12)6(11)2-4/h1-2,7,13H,3H2. The molecule has 0 saturated carbocycles. The number of aliphatic hydroxyl groups is 1. The minimum Gasteiger partial charge on any atom is -0.387 e. The van der Waals surface area contributed by atoms with Crippen molar-refractivity contribution in [2.24, 2.45) is 0 Å². The van der Waals surface area contributed by atoms with E-state index >= 15 is 0 Å². The first-order chi connectivity index (χ1) is 6.06. The lowest BCUT2D eigenvalue weighted by atomic mass is 10.1. The third-order valence-electron chi connectivity index (χ3n) is 1.54. The van der Waals surface area contributed by atoms with Crippen LogP contribution in [0.5, 0.6) is 0 Å². The lowest BCUT2D eigenvalue weighted by molar-refractivity contribution is 0.201. The fraction of sp³-hybridized carbons (Fsp3) is 0.250. The molecule has 0 fully saturated rings. The van der Waals surface area contributed by atoms with Crippen molar-refractivity contribution < 1.29 is 18.3 Å². The fourth-order valence-electron chi connectivity index (χ4n) is 0.857. The fourth-order valence-corrected chi connectivity index (χ4v) is 1.03. The van der Waals surface area contributed by atoms with Crippen LogP contribution in [-0.4, -0.2) is 11.0 Å². The Hall–Kier alpha value is -0.740. The van der Waals surface area contributed by atoms with E-state index in [0.717, 1.165) is 0 Å². The number of rotatable bonds is 2. The Bertz CT molecular complexity index is 293. The quantitative estimate of drug-likeness (QED) is 0.587. The molecule has 0 spiro atoms. The molecule has 1 N–H and O–H groups in total. The number of halogens is 4. The molecule has 72 valence electrons. The Labute approximate surface area is 77.8 Å². The molecule has 5 heteroatoms. The maximum atomic E-state index is 12.6. The van der Waals surface area contributed by atoms with Gasteiger partial charge < -0.3 is 5.11 Å². The molecule has 0 amide bonds. The van der Waals surface area contributed by atoms with E-state index in [1.807, 2.05) is 0 Å². The van der Waals surface area contributed by atoms with Crippen molar-refractivity contribution in [1.82, 2.24) is 0 Å². The topological polar surface area (TPSA) is 20.2 Å². The van der Waals surface area contributed by atoms with Crippen LogP contribution < -0.4 is 0 Å². The van der Waals surface area contributed by atoms with E-state index in [2.05, 4.69) is 0 Å². The molecule has 0 saturated heterocycles. The SMILES string of the molecule is OC(CCl)c1cc(F)c(F)c(F)c1. The number of aliphatic hydroxyl groups excluding tert-OH is 1. The van der Waals surface area contributed by atoms with Gasteiger partial charge in [0.1, 0.15) is 0 Å². The smallest absolute Gasteiger partial charge is 0.194 e. The lowest BCUT2D eigenvalue weighted by Crippen LogP contribution is -2.02. The number of benzene rings is 1. The summed E-state index contributed by atoms with van der Waals surface area (Å²) in [5.74, 6) is -4.42. The maximum Gasteiger partial charge on any atom is 0.194 e. The highest BCUT2D eigenvalue weighted by Gasteiger charge is 2.14. The highest BCUT2D eigenvalue weighted by atomic mass is 35.5. The number of alkyl halides is 1. The molecule has 0 heterocycles. The molecule has 13 heavy (non-hydrogen) atoms. The average Bonchev–Trinajstić information content (AvgIpc) is 2.12. The van der Waals surface area contributed by atoms with E-state index in [0.29, 0.717) is 12.1 Å². The Morgan fingerprint density at radius 3 is 2.08 bits per heavy atom. The minimum atomic E-state index is -1.55. The minimum absolute atomic E-state index is 0.0774. The third-order valence-corrected chi connectivity index (χ3v) is 1.83. The summed E-state index contributed by atoms with van der Waals surface area (Å²) in [5, 5.41) is 9.08. The number of hydrogen-bond acceptors (Lipinski definition) is 1. The molecule has 1 rings (SSSR count). The summed E-state index contributed by atoms with van der Waals surface area (Å²) in [4.78, 5) is 0. The Balaban J connectivity index is 3.13. The molecular weight excluding hydrogens is 205 g/mol. The summed E-state index contributed by atoms with van der Waals surface area (Å²) in [6.07, 6.45) is -1.19. The molecule has 0 aliphatic heterocycles. The molecule has 0 aromatic heterocycles. The molecular formula is C8H6ClF3O. The molecule has 0 aliphatic carbocycles. The van der Waals surface area contributed by atoms with Crippen LogP contribution >= 0.6 is 11.6 Å². The predicted octanol–water partition coefficient (Wildman–Crippen LogP) is 2.38. The van der Waals surface area contributed by atoms with Crippen molar-refractivity contribution in [1.29, 1.82) is 0 Å². The molecule has 0 radical (unpaired) electrons. The van der Waals surface area contributed by atoms with Gasteiger partial charge in [0.15, 0.2) is 17.5 Å². The van der Waals surface area contributed by atoms with Crippen LogP contribution in [0.4, 0.5) is 13.2 Å². The van der Waals surface area contributed by atoms with E-state index < -0.39 is 23.6 Å². The van der Waals surface area contributed by atoms with E-state index in [1.54, 1.807) is 0 Å². The molecule has 1 atom stereocenters. The van der Waals surface area contributed by atoms with Gasteiger partial charge in [0.25, 0.3) is 0 Å². The van der Waals surface area contributed by atoms with Crippen LogP contribution in [0.25, 0.3) is 0 Å². The Kier molecular flexibility index (Phi) is 3.17. The number of hydrogen-bond donors (Lipinski definition) is 1. The van der Waals surface area contributed by atoms with Crippen molar-refractivity contribution in [3.05, 3.63) is 35.1 Å². The molecule has 1 aromatic rings. The second-order valence-corrected chi connectivity index (χ2v) is 2.78. The zero-order valence-electron chi connectivity index (χ0n) is 6.40. The van der Waals surface area contributed by atoms with Crippen LogP contribution in [0.3, 0.4) is 0 Å². The lowest BCUT2D eigenvalue weighted by Gasteiger charge is -2.07. The Morgan fingerprint density at radius 2 is 1.69 bits per heavy atom. The average molecular weight is 211 g/mol. The molecule has 1 nitrogen and oxygen atoms in total.